The zero-order valence-electron chi connectivity index (χ0n) is 17.8. The number of thiazole rings is 1. The molecule has 8 nitrogen and oxygen atoms in total. The zero-order chi connectivity index (χ0) is 22.8. The average molecular weight is 475 g/mol. The van der Waals surface area contributed by atoms with Crippen molar-refractivity contribution in [3.63, 3.8) is 0 Å². The van der Waals surface area contributed by atoms with Crippen LogP contribution in [0.4, 0.5) is 10.8 Å². The van der Waals surface area contributed by atoms with Gasteiger partial charge in [0.1, 0.15) is 0 Å². The minimum Gasteiger partial charge on any atom is -0.379 e. The van der Waals surface area contributed by atoms with Gasteiger partial charge >= 0.3 is 0 Å². The first kappa shape index (κ1) is 22.6. The Morgan fingerprint density at radius 1 is 1.25 bits per heavy atom. The summed E-state index contributed by atoms with van der Waals surface area (Å²) in [5.41, 5.74) is 2.43. The molecule has 4 rings (SSSR count). The molecule has 2 heterocycles. The number of fused-ring (bicyclic) bond motifs is 1. The van der Waals surface area contributed by atoms with Crippen molar-refractivity contribution < 1.29 is 14.5 Å². The highest BCUT2D eigenvalue weighted by molar-refractivity contribution is 7.22. The lowest BCUT2D eigenvalue weighted by Crippen LogP contribution is -2.43. The number of halogens is 1. The fourth-order valence-electron chi connectivity index (χ4n) is 3.70. The number of morpholine rings is 1. The van der Waals surface area contributed by atoms with Crippen LogP contribution in [0.15, 0.2) is 30.3 Å². The first-order chi connectivity index (χ1) is 15.3. The quantitative estimate of drug-likeness (QED) is 0.387. The molecule has 0 saturated carbocycles. The minimum atomic E-state index is -0.465. The number of aromatic nitrogens is 1. The third-order valence-electron chi connectivity index (χ3n) is 5.51. The van der Waals surface area contributed by atoms with Crippen LogP contribution in [0.5, 0.6) is 0 Å². The summed E-state index contributed by atoms with van der Waals surface area (Å²) in [4.78, 5) is 33.0. The fourth-order valence-corrected chi connectivity index (χ4v) is 5.15. The number of hydrogen-bond acceptors (Lipinski definition) is 7. The summed E-state index contributed by atoms with van der Waals surface area (Å²) >= 11 is 7.60. The Bertz CT molecular complexity index is 1180. The van der Waals surface area contributed by atoms with Crippen molar-refractivity contribution in [3.8, 4) is 0 Å². The van der Waals surface area contributed by atoms with E-state index in [0.29, 0.717) is 42.0 Å². The van der Waals surface area contributed by atoms with E-state index in [2.05, 4.69) is 4.90 Å². The Morgan fingerprint density at radius 3 is 2.72 bits per heavy atom. The van der Waals surface area contributed by atoms with E-state index in [-0.39, 0.29) is 17.2 Å². The number of nitrogens with zero attached hydrogens (tertiary/aromatic N) is 4. The molecular formula is C22H23ClN4O4S. The van der Waals surface area contributed by atoms with Crippen LogP contribution in [0.3, 0.4) is 0 Å². The number of ether oxygens (including phenoxy) is 1. The van der Waals surface area contributed by atoms with Gasteiger partial charge in [-0.25, -0.2) is 4.98 Å². The first-order valence-corrected chi connectivity index (χ1v) is 11.5. The highest BCUT2D eigenvalue weighted by Crippen LogP contribution is 2.34. The van der Waals surface area contributed by atoms with Crippen LogP contribution >= 0.6 is 22.9 Å². The van der Waals surface area contributed by atoms with Crippen molar-refractivity contribution in [2.45, 2.75) is 13.8 Å². The molecule has 1 aliphatic heterocycles. The van der Waals surface area contributed by atoms with Crippen LogP contribution in [-0.2, 0) is 4.74 Å². The molecular weight excluding hydrogens is 452 g/mol. The number of amides is 1. The average Bonchev–Trinajstić information content (AvgIpc) is 3.18. The Kier molecular flexibility index (Phi) is 6.71. The van der Waals surface area contributed by atoms with E-state index in [0.717, 1.165) is 28.9 Å². The Labute approximate surface area is 194 Å². The van der Waals surface area contributed by atoms with Crippen LogP contribution in [0.2, 0.25) is 5.02 Å². The number of hydrogen-bond donors (Lipinski definition) is 0. The number of nitro groups is 1. The van der Waals surface area contributed by atoms with Crippen molar-refractivity contribution in [2.24, 2.45) is 0 Å². The summed E-state index contributed by atoms with van der Waals surface area (Å²) in [5.74, 6) is -0.316. The molecule has 1 aliphatic rings. The van der Waals surface area contributed by atoms with Gasteiger partial charge in [0.05, 0.1) is 28.4 Å². The minimum absolute atomic E-state index is 0.0732. The Hall–Kier alpha value is -2.59. The third kappa shape index (κ3) is 4.75. The molecule has 0 spiro atoms. The van der Waals surface area contributed by atoms with Crippen LogP contribution in [-0.4, -0.2) is 60.1 Å². The summed E-state index contributed by atoms with van der Waals surface area (Å²) in [7, 11) is 0. The molecule has 0 radical (unpaired) electrons. The molecule has 0 atom stereocenters. The lowest BCUT2D eigenvalue weighted by molar-refractivity contribution is -0.385. The normalized spacial score (nSPS) is 14.6. The van der Waals surface area contributed by atoms with Crippen LogP contribution in [0, 0.1) is 24.0 Å². The third-order valence-corrected chi connectivity index (χ3v) is 6.75. The molecule has 1 fully saturated rings. The predicted octanol–water partition coefficient (Wildman–Crippen LogP) is 4.45. The highest BCUT2D eigenvalue weighted by atomic mass is 35.5. The van der Waals surface area contributed by atoms with Gasteiger partial charge in [-0.2, -0.15) is 0 Å². The molecule has 2 aromatic carbocycles. The van der Waals surface area contributed by atoms with Crippen LogP contribution in [0.1, 0.15) is 21.5 Å². The van der Waals surface area contributed by atoms with E-state index >= 15 is 0 Å². The van der Waals surface area contributed by atoms with Crippen molar-refractivity contribution >= 4 is 49.9 Å². The molecule has 1 saturated heterocycles. The number of anilines is 1. The van der Waals surface area contributed by atoms with Crippen molar-refractivity contribution in [2.75, 3.05) is 44.3 Å². The monoisotopic (exact) mass is 474 g/mol. The van der Waals surface area contributed by atoms with E-state index in [1.165, 1.54) is 17.4 Å². The van der Waals surface area contributed by atoms with Gasteiger partial charge in [-0.05, 0) is 37.6 Å². The molecule has 32 heavy (non-hydrogen) atoms. The lowest BCUT2D eigenvalue weighted by atomic mass is 10.1. The van der Waals surface area contributed by atoms with Crippen molar-refractivity contribution in [3.05, 3.63) is 62.2 Å². The molecule has 168 valence electrons. The largest absolute Gasteiger partial charge is 0.379 e. The number of nitro benzene ring substituents is 1. The van der Waals surface area contributed by atoms with Crippen LogP contribution < -0.4 is 4.90 Å². The zero-order valence-corrected chi connectivity index (χ0v) is 19.4. The molecule has 0 bridgehead atoms. The fraction of sp³-hybridized carbons (Fsp3) is 0.364. The van der Waals surface area contributed by atoms with Gasteiger partial charge in [0.2, 0.25) is 0 Å². The topological polar surface area (TPSA) is 88.8 Å². The highest BCUT2D eigenvalue weighted by Gasteiger charge is 2.25. The molecule has 0 N–H and O–H groups in total. The van der Waals surface area contributed by atoms with Gasteiger partial charge in [-0.1, -0.05) is 29.0 Å². The number of aryl methyl sites for hydroxylation is 2. The van der Waals surface area contributed by atoms with Gasteiger partial charge in [-0.3, -0.25) is 24.7 Å². The van der Waals surface area contributed by atoms with E-state index in [9.17, 15) is 14.9 Å². The summed E-state index contributed by atoms with van der Waals surface area (Å²) in [5, 5.41) is 12.6. The second kappa shape index (κ2) is 9.50. The molecule has 1 aromatic heterocycles. The van der Waals surface area contributed by atoms with Gasteiger partial charge in [-0.15, -0.1) is 0 Å². The Morgan fingerprint density at radius 2 is 2.00 bits per heavy atom. The first-order valence-electron chi connectivity index (χ1n) is 10.3. The van der Waals surface area contributed by atoms with Gasteiger partial charge in [0.25, 0.3) is 11.6 Å². The standard InChI is InChI=1S/C22H23ClN4O4S/c1-14-3-4-16(12-18(14)27(29)30)21(28)26(6-5-25-7-9-31-10-8-25)22-24-20-15(2)11-17(23)13-19(20)32-22/h3-4,11-13H,5-10H2,1-2H3. The lowest BCUT2D eigenvalue weighted by Gasteiger charge is -2.29. The maximum absolute atomic E-state index is 13.5. The maximum atomic E-state index is 13.5. The van der Waals surface area contributed by atoms with Crippen molar-refractivity contribution in [1.82, 2.24) is 9.88 Å². The second-order valence-electron chi connectivity index (χ2n) is 7.74. The molecule has 1 amide bonds. The second-order valence-corrected chi connectivity index (χ2v) is 9.18. The maximum Gasteiger partial charge on any atom is 0.273 e. The van der Waals surface area contributed by atoms with Gasteiger partial charge in [0, 0.05) is 48.4 Å². The van der Waals surface area contributed by atoms with Crippen LogP contribution in [0.25, 0.3) is 10.2 Å². The number of carbonyl (C=O) groups is 1. The van der Waals surface area contributed by atoms with E-state index in [1.807, 2.05) is 19.1 Å². The summed E-state index contributed by atoms with van der Waals surface area (Å²) in [6, 6.07) is 8.26. The van der Waals surface area contributed by atoms with E-state index in [4.69, 9.17) is 21.3 Å². The van der Waals surface area contributed by atoms with E-state index < -0.39 is 4.92 Å². The number of carbonyl (C=O) groups excluding carboxylic acids is 1. The predicted molar refractivity (Wildman–Crippen MR) is 126 cm³/mol. The summed E-state index contributed by atoms with van der Waals surface area (Å²) in [6.45, 7) is 7.57. The Balaban J connectivity index is 1.70. The van der Waals surface area contributed by atoms with Gasteiger partial charge < -0.3 is 4.74 Å². The number of benzene rings is 2. The molecule has 3 aromatic rings. The summed E-state index contributed by atoms with van der Waals surface area (Å²) in [6.07, 6.45) is 0. The molecule has 0 aliphatic carbocycles. The van der Waals surface area contributed by atoms with Gasteiger partial charge in [0.15, 0.2) is 5.13 Å². The number of rotatable bonds is 6. The smallest absolute Gasteiger partial charge is 0.273 e. The van der Waals surface area contributed by atoms with E-state index in [1.54, 1.807) is 24.0 Å². The molecule has 0 unspecified atom stereocenters. The van der Waals surface area contributed by atoms with Crippen molar-refractivity contribution in [1.29, 1.82) is 0 Å². The summed E-state index contributed by atoms with van der Waals surface area (Å²) < 4.78 is 6.30. The SMILES string of the molecule is Cc1ccc(C(=O)N(CCN2CCOCC2)c2nc3c(C)cc(Cl)cc3s2)cc1[N+](=O)[O-]. The molecule has 10 heteroatoms.